The summed E-state index contributed by atoms with van der Waals surface area (Å²) in [5.41, 5.74) is 0.250. The van der Waals surface area contributed by atoms with Crippen LogP contribution in [0.15, 0.2) is 5.38 Å². The molecule has 1 fully saturated rings. The van der Waals surface area contributed by atoms with Crippen LogP contribution >= 0.6 is 11.3 Å². The van der Waals surface area contributed by atoms with Crippen LogP contribution in [-0.2, 0) is 20.8 Å². The molecule has 1 aromatic heterocycles. The van der Waals surface area contributed by atoms with Crippen LogP contribution in [0, 0.1) is 0 Å². The van der Waals surface area contributed by atoms with E-state index in [9.17, 15) is 14.4 Å². The maximum atomic E-state index is 12.3. The number of carbonyl (C=O) groups excluding carboxylic acids is 3. The van der Waals surface area contributed by atoms with E-state index < -0.39 is 11.9 Å². The molecule has 2 amide bonds. The van der Waals surface area contributed by atoms with Crippen molar-refractivity contribution in [3.8, 4) is 0 Å². The van der Waals surface area contributed by atoms with Gasteiger partial charge >= 0.3 is 18.0 Å². The maximum absolute atomic E-state index is 12.3. The minimum atomic E-state index is -0.472. The van der Waals surface area contributed by atoms with Gasteiger partial charge in [0.05, 0.1) is 19.8 Å². The molecule has 0 radical (unpaired) electrons. The number of aromatic nitrogens is 1. The van der Waals surface area contributed by atoms with Crippen LogP contribution in [0.25, 0.3) is 0 Å². The first-order chi connectivity index (χ1) is 11.5. The van der Waals surface area contributed by atoms with Crippen LogP contribution in [0.3, 0.4) is 0 Å². The van der Waals surface area contributed by atoms with Crippen molar-refractivity contribution in [2.45, 2.75) is 39.3 Å². The molecule has 1 N–H and O–H groups in total. The lowest BCUT2D eigenvalue weighted by Gasteiger charge is -2.21. The number of nitrogens with one attached hydrogen (secondary N) is 1. The van der Waals surface area contributed by atoms with Gasteiger partial charge in [-0.3, -0.25) is 4.79 Å². The first-order valence-electron chi connectivity index (χ1n) is 7.86. The van der Waals surface area contributed by atoms with Crippen LogP contribution in [0.4, 0.5) is 4.79 Å². The van der Waals surface area contributed by atoms with E-state index in [0.717, 1.165) is 12.8 Å². The quantitative estimate of drug-likeness (QED) is 0.711. The van der Waals surface area contributed by atoms with E-state index in [1.165, 1.54) is 11.3 Å². The molecular formula is C15H21N3O5S. The zero-order chi connectivity index (χ0) is 17.5. The SMILES string of the molecule is CCOC(=O)CNC(=O)N(Cc1nc(C(=O)OCC)cs1)C1CC1. The summed E-state index contributed by atoms with van der Waals surface area (Å²) in [4.78, 5) is 41.1. The Bertz CT molecular complexity index is 600. The summed E-state index contributed by atoms with van der Waals surface area (Å²) in [7, 11) is 0. The molecule has 0 saturated heterocycles. The van der Waals surface area contributed by atoms with Crippen molar-refractivity contribution in [3.05, 3.63) is 16.1 Å². The van der Waals surface area contributed by atoms with E-state index in [4.69, 9.17) is 9.47 Å². The average Bonchev–Trinajstić information content (AvgIpc) is 3.28. The highest BCUT2D eigenvalue weighted by molar-refractivity contribution is 7.09. The molecule has 1 heterocycles. The van der Waals surface area contributed by atoms with Gasteiger partial charge in [0.1, 0.15) is 11.6 Å². The van der Waals surface area contributed by atoms with Gasteiger partial charge in [0, 0.05) is 11.4 Å². The second kappa shape index (κ2) is 8.62. The molecular weight excluding hydrogens is 334 g/mol. The molecule has 1 aromatic rings. The fourth-order valence-electron chi connectivity index (χ4n) is 2.04. The number of urea groups is 1. The molecule has 1 saturated carbocycles. The third-order valence-electron chi connectivity index (χ3n) is 3.28. The molecule has 0 bridgehead atoms. The van der Waals surface area contributed by atoms with Crippen molar-refractivity contribution in [2.75, 3.05) is 19.8 Å². The van der Waals surface area contributed by atoms with E-state index in [1.54, 1.807) is 24.1 Å². The second-order valence-electron chi connectivity index (χ2n) is 5.17. The highest BCUT2D eigenvalue weighted by Gasteiger charge is 2.33. The van der Waals surface area contributed by atoms with Crippen molar-refractivity contribution in [1.29, 1.82) is 0 Å². The normalized spacial score (nSPS) is 13.2. The molecule has 8 nitrogen and oxygen atoms in total. The Morgan fingerprint density at radius 2 is 2.00 bits per heavy atom. The zero-order valence-electron chi connectivity index (χ0n) is 13.7. The summed E-state index contributed by atoms with van der Waals surface area (Å²) in [6.45, 7) is 4.13. The van der Waals surface area contributed by atoms with Crippen molar-refractivity contribution in [1.82, 2.24) is 15.2 Å². The third kappa shape index (κ3) is 5.19. The Morgan fingerprint density at radius 1 is 1.29 bits per heavy atom. The van der Waals surface area contributed by atoms with Crippen LogP contribution in [0.2, 0.25) is 0 Å². The molecule has 1 aliphatic rings. The summed E-state index contributed by atoms with van der Waals surface area (Å²) >= 11 is 1.30. The van der Waals surface area contributed by atoms with Crippen LogP contribution in [-0.4, -0.2) is 53.7 Å². The lowest BCUT2D eigenvalue weighted by molar-refractivity contribution is -0.141. The lowest BCUT2D eigenvalue weighted by Crippen LogP contribution is -2.43. The largest absolute Gasteiger partial charge is 0.465 e. The number of rotatable bonds is 8. The molecule has 24 heavy (non-hydrogen) atoms. The topological polar surface area (TPSA) is 97.8 Å². The van der Waals surface area contributed by atoms with Gasteiger partial charge in [-0.1, -0.05) is 0 Å². The standard InChI is InChI=1S/C15H21N3O5S/c1-3-22-13(19)7-16-15(21)18(10-5-6-10)8-12-17-11(9-24-12)14(20)23-4-2/h9-10H,3-8H2,1-2H3,(H,16,21). The number of carbonyl (C=O) groups is 3. The summed E-state index contributed by atoms with van der Waals surface area (Å²) in [6, 6.07) is -0.194. The molecule has 0 atom stereocenters. The number of esters is 2. The molecule has 2 rings (SSSR count). The molecule has 0 aliphatic heterocycles. The Labute approximate surface area is 144 Å². The summed E-state index contributed by atoms with van der Waals surface area (Å²) < 4.78 is 9.69. The number of thiazole rings is 1. The number of hydrogen-bond acceptors (Lipinski definition) is 7. The van der Waals surface area contributed by atoms with E-state index in [0.29, 0.717) is 11.6 Å². The van der Waals surface area contributed by atoms with Crippen molar-refractivity contribution < 1.29 is 23.9 Å². The van der Waals surface area contributed by atoms with Gasteiger partial charge in [-0.2, -0.15) is 0 Å². The minimum absolute atomic E-state index is 0.141. The number of amides is 2. The Morgan fingerprint density at radius 3 is 2.62 bits per heavy atom. The third-order valence-corrected chi connectivity index (χ3v) is 4.11. The molecule has 0 spiro atoms. The van der Waals surface area contributed by atoms with E-state index >= 15 is 0 Å². The Balaban J connectivity index is 1.92. The molecule has 0 aromatic carbocycles. The van der Waals surface area contributed by atoms with Gasteiger partial charge in [-0.15, -0.1) is 11.3 Å². The van der Waals surface area contributed by atoms with Gasteiger partial charge < -0.3 is 19.7 Å². The monoisotopic (exact) mass is 355 g/mol. The van der Waals surface area contributed by atoms with E-state index in [1.807, 2.05) is 0 Å². The van der Waals surface area contributed by atoms with Gasteiger partial charge in [-0.25, -0.2) is 14.6 Å². The molecule has 1 aliphatic carbocycles. The first-order valence-corrected chi connectivity index (χ1v) is 8.74. The Kier molecular flexibility index (Phi) is 6.53. The highest BCUT2D eigenvalue weighted by Crippen LogP contribution is 2.29. The van der Waals surface area contributed by atoms with Crippen molar-refractivity contribution in [3.63, 3.8) is 0 Å². The van der Waals surface area contributed by atoms with Crippen LogP contribution in [0.5, 0.6) is 0 Å². The lowest BCUT2D eigenvalue weighted by atomic mass is 10.4. The zero-order valence-corrected chi connectivity index (χ0v) is 14.6. The van der Waals surface area contributed by atoms with E-state index in [-0.39, 0.29) is 37.5 Å². The number of ether oxygens (including phenoxy) is 2. The smallest absolute Gasteiger partial charge is 0.357 e. The molecule has 9 heteroatoms. The predicted octanol–water partition coefficient (Wildman–Crippen LogP) is 1.56. The Hall–Kier alpha value is -2.16. The summed E-state index contributed by atoms with van der Waals surface area (Å²) in [6.07, 6.45) is 1.84. The highest BCUT2D eigenvalue weighted by atomic mass is 32.1. The summed E-state index contributed by atoms with van der Waals surface area (Å²) in [5, 5.41) is 4.83. The van der Waals surface area contributed by atoms with Gasteiger partial charge in [0.2, 0.25) is 0 Å². The van der Waals surface area contributed by atoms with Crippen LogP contribution in [0.1, 0.15) is 42.2 Å². The molecule has 132 valence electrons. The number of nitrogens with zero attached hydrogens (tertiary/aromatic N) is 2. The van der Waals surface area contributed by atoms with Gasteiger partial charge in [0.15, 0.2) is 5.69 Å². The van der Waals surface area contributed by atoms with Gasteiger partial charge in [0.25, 0.3) is 0 Å². The van der Waals surface area contributed by atoms with Crippen LogP contribution < -0.4 is 5.32 Å². The van der Waals surface area contributed by atoms with E-state index in [2.05, 4.69) is 10.3 Å². The number of hydrogen-bond donors (Lipinski definition) is 1. The van der Waals surface area contributed by atoms with Crippen molar-refractivity contribution in [2.24, 2.45) is 0 Å². The average molecular weight is 355 g/mol. The summed E-state index contributed by atoms with van der Waals surface area (Å²) in [5.74, 6) is -0.940. The molecule has 0 unspecified atom stereocenters. The predicted molar refractivity (Wildman–Crippen MR) is 86.7 cm³/mol. The minimum Gasteiger partial charge on any atom is -0.465 e. The fraction of sp³-hybridized carbons (Fsp3) is 0.600. The van der Waals surface area contributed by atoms with Gasteiger partial charge in [-0.05, 0) is 26.7 Å². The maximum Gasteiger partial charge on any atom is 0.357 e. The fourth-order valence-corrected chi connectivity index (χ4v) is 2.80. The second-order valence-corrected chi connectivity index (χ2v) is 6.11. The van der Waals surface area contributed by atoms with Crippen molar-refractivity contribution >= 4 is 29.3 Å². The first kappa shape index (κ1) is 18.2.